The SMILES string of the molecule is COC1CCN(CCCCC(=O)Nc2cccc(-c3n[nH]c(=O)c4c3CCCC4)c2)CC1. The number of aromatic nitrogens is 2. The molecule has 2 aliphatic rings. The molecule has 1 aliphatic carbocycles. The van der Waals surface area contributed by atoms with Gasteiger partial charge in [-0.1, -0.05) is 12.1 Å². The van der Waals surface area contributed by atoms with Gasteiger partial charge in [-0.2, -0.15) is 5.10 Å². The van der Waals surface area contributed by atoms with E-state index in [4.69, 9.17) is 4.74 Å². The molecule has 0 radical (unpaired) electrons. The number of rotatable bonds is 8. The van der Waals surface area contributed by atoms with Gasteiger partial charge in [0.05, 0.1) is 11.8 Å². The highest BCUT2D eigenvalue weighted by atomic mass is 16.5. The molecular formula is C25H34N4O3. The van der Waals surface area contributed by atoms with Gasteiger partial charge < -0.3 is 15.0 Å². The third-order valence-corrected chi connectivity index (χ3v) is 6.71. The Morgan fingerprint density at radius 1 is 1.19 bits per heavy atom. The molecule has 0 atom stereocenters. The van der Waals surface area contributed by atoms with Crippen LogP contribution in [0, 0.1) is 0 Å². The highest BCUT2D eigenvalue weighted by Gasteiger charge is 2.20. The number of H-pyrrole nitrogens is 1. The molecular weight excluding hydrogens is 404 g/mol. The molecule has 1 amide bonds. The van der Waals surface area contributed by atoms with Crippen molar-refractivity contribution in [1.29, 1.82) is 0 Å². The lowest BCUT2D eigenvalue weighted by molar-refractivity contribution is -0.116. The third kappa shape index (κ3) is 5.64. The Morgan fingerprint density at radius 2 is 1.97 bits per heavy atom. The molecule has 0 bridgehead atoms. The number of nitrogens with zero attached hydrogens (tertiary/aromatic N) is 2. The summed E-state index contributed by atoms with van der Waals surface area (Å²) in [6.07, 6.45) is 8.83. The van der Waals surface area contributed by atoms with E-state index in [2.05, 4.69) is 20.4 Å². The number of anilines is 1. The van der Waals surface area contributed by atoms with Gasteiger partial charge in [0.1, 0.15) is 0 Å². The van der Waals surface area contributed by atoms with E-state index in [0.29, 0.717) is 12.5 Å². The van der Waals surface area contributed by atoms with E-state index in [0.717, 1.165) is 99.1 Å². The first kappa shape index (κ1) is 22.7. The lowest BCUT2D eigenvalue weighted by Crippen LogP contribution is -2.37. The number of fused-ring (bicyclic) bond motifs is 1. The summed E-state index contributed by atoms with van der Waals surface area (Å²) >= 11 is 0. The molecule has 1 aromatic carbocycles. The number of ether oxygens (including phenoxy) is 1. The van der Waals surface area contributed by atoms with Crippen LogP contribution >= 0.6 is 0 Å². The van der Waals surface area contributed by atoms with Crippen LogP contribution in [0.15, 0.2) is 29.1 Å². The zero-order chi connectivity index (χ0) is 22.3. The number of methoxy groups -OCH3 is 1. The van der Waals surface area contributed by atoms with Crippen molar-refractivity contribution in [3.63, 3.8) is 0 Å². The molecule has 4 rings (SSSR count). The van der Waals surface area contributed by atoms with Gasteiger partial charge >= 0.3 is 0 Å². The summed E-state index contributed by atoms with van der Waals surface area (Å²) < 4.78 is 5.42. The number of hydrogen-bond acceptors (Lipinski definition) is 5. The lowest BCUT2D eigenvalue weighted by Gasteiger charge is -2.31. The van der Waals surface area contributed by atoms with E-state index in [1.54, 1.807) is 7.11 Å². The number of carbonyl (C=O) groups is 1. The Balaban J connectivity index is 1.29. The summed E-state index contributed by atoms with van der Waals surface area (Å²) in [6, 6.07) is 7.77. The zero-order valence-corrected chi connectivity index (χ0v) is 19.0. The second kappa shape index (κ2) is 10.9. The lowest BCUT2D eigenvalue weighted by atomic mass is 9.90. The maximum absolute atomic E-state index is 12.5. The van der Waals surface area contributed by atoms with Gasteiger partial charge in [-0.25, -0.2) is 5.10 Å². The van der Waals surface area contributed by atoms with Crippen molar-refractivity contribution in [3.05, 3.63) is 45.7 Å². The number of carbonyl (C=O) groups excluding carboxylic acids is 1. The van der Waals surface area contributed by atoms with E-state index in [1.165, 1.54) is 0 Å². The van der Waals surface area contributed by atoms with E-state index < -0.39 is 0 Å². The van der Waals surface area contributed by atoms with Crippen LogP contribution in [0.3, 0.4) is 0 Å². The third-order valence-electron chi connectivity index (χ3n) is 6.71. The van der Waals surface area contributed by atoms with Gasteiger partial charge in [0.25, 0.3) is 5.56 Å². The highest BCUT2D eigenvalue weighted by Crippen LogP contribution is 2.29. The van der Waals surface area contributed by atoms with Gasteiger partial charge in [0, 0.05) is 43.4 Å². The summed E-state index contributed by atoms with van der Waals surface area (Å²) in [6.45, 7) is 3.21. The number of hydrogen-bond donors (Lipinski definition) is 2. The summed E-state index contributed by atoms with van der Waals surface area (Å²) in [5.41, 5.74) is 4.37. The van der Waals surface area contributed by atoms with Crippen molar-refractivity contribution in [1.82, 2.24) is 15.1 Å². The van der Waals surface area contributed by atoms with Gasteiger partial charge in [-0.05, 0) is 75.6 Å². The largest absolute Gasteiger partial charge is 0.381 e. The summed E-state index contributed by atoms with van der Waals surface area (Å²) in [5, 5.41) is 10.0. The van der Waals surface area contributed by atoms with Gasteiger partial charge in [-0.3, -0.25) is 9.59 Å². The van der Waals surface area contributed by atoms with Crippen LogP contribution in [-0.4, -0.2) is 53.9 Å². The van der Waals surface area contributed by atoms with Crippen molar-refractivity contribution < 1.29 is 9.53 Å². The van der Waals surface area contributed by atoms with Crippen molar-refractivity contribution in [2.45, 2.75) is 63.9 Å². The molecule has 172 valence electrons. The number of likely N-dealkylation sites (tertiary alicyclic amines) is 1. The minimum Gasteiger partial charge on any atom is -0.381 e. The minimum absolute atomic E-state index is 0.0386. The van der Waals surface area contributed by atoms with Crippen LogP contribution in [0.5, 0.6) is 0 Å². The smallest absolute Gasteiger partial charge is 0.267 e. The van der Waals surface area contributed by atoms with Crippen molar-refractivity contribution >= 4 is 11.6 Å². The fourth-order valence-corrected chi connectivity index (χ4v) is 4.85. The molecule has 2 heterocycles. The van der Waals surface area contributed by atoms with Crippen LogP contribution in [0.1, 0.15) is 56.1 Å². The molecule has 2 N–H and O–H groups in total. The number of amides is 1. The average Bonchev–Trinajstić information content (AvgIpc) is 2.83. The predicted molar refractivity (Wildman–Crippen MR) is 126 cm³/mol. The van der Waals surface area contributed by atoms with Crippen LogP contribution in [0.4, 0.5) is 5.69 Å². The molecule has 32 heavy (non-hydrogen) atoms. The molecule has 1 aromatic heterocycles. The van der Waals surface area contributed by atoms with Gasteiger partial charge in [0.15, 0.2) is 0 Å². The Labute approximate surface area is 189 Å². The first-order chi connectivity index (χ1) is 15.6. The summed E-state index contributed by atoms with van der Waals surface area (Å²) in [7, 11) is 1.79. The summed E-state index contributed by atoms with van der Waals surface area (Å²) in [5.74, 6) is 0.0386. The second-order valence-electron chi connectivity index (χ2n) is 8.93. The summed E-state index contributed by atoms with van der Waals surface area (Å²) in [4.78, 5) is 27.1. The van der Waals surface area contributed by atoms with E-state index in [9.17, 15) is 9.59 Å². The zero-order valence-electron chi connectivity index (χ0n) is 19.0. The first-order valence-electron chi connectivity index (χ1n) is 11.9. The van der Waals surface area contributed by atoms with Crippen molar-refractivity contribution in [2.75, 3.05) is 32.1 Å². The molecule has 2 aromatic rings. The van der Waals surface area contributed by atoms with E-state index in [1.807, 2.05) is 24.3 Å². The normalized spacial score (nSPS) is 17.2. The molecule has 0 spiro atoms. The van der Waals surface area contributed by atoms with Gasteiger partial charge in [0.2, 0.25) is 5.91 Å². The Morgan fingerprint density at radius 3 is 2.75 bits per heavy atom. The maximum atomic E-state index is 12.5. The fraction of sp³-hybridized carbons (Fsp3) is 0.560. The molecule has 1 fully saturated rings. The average molecular weight is 439 g/mol. The van der Waals surface area contributed by atoms with E-state index in [-0.39, 0.29) is 11.5 Å². The van der Waals surface area contributed by atoms with Crippen molar-refractivity contribution in [2.24, 2.45) is 0 Å². The number of benzene rings is 1. The molecule has 0 unspecified atom stereocenters. The number of piperidine rings is 1. The number of aromatic amines is 1. The van der Waals surface area contributed by atoms with E-state index >= 15 is 0 Å². The van der Waals surface area contributed by atoms with Gasteiger partial charge in [-0.15, -0.1) is 0 Å². The molecule has 0 saturated carbocycles. The molecule has 1 aliphatic heterocycles. The Hall–Kier alpha value is -2.51. The number of nitrogens with one attached hydrogen (secondary N) is 2. The predicted octanol–water partition coefficient (Wildman–Crippen LogP) is 3.54. The first-order valence-corrected chi connectivity index (χ1v) is 11.9. The van der Waals surface area contributed by atoms with Crippen LogP contribution in [0.2, 0.25) is 0 Å². The maximum Gasteiger partial charge on any atom is 0.267 e. The number of unbranched alkanes of at least 4 members (excludes halogenated alkanes) is 1. The fourth-order valence-electron chi connectivity index (χ4n) is 4.85. The molecule has 7 heteroatoms. The van der Waals surface area contributed by atoms with Crippen molar-refractivity contribution in [3.8, 4) is 11.3 Å². The molecule has 7 nitrogen and oxygen atoms in total. The second-order valence-corrected chi connectivity index (χ2v) is 8.93. The quantitative estimate of drug-likeness (QED) is 0.616. The van der Waals surface area contributed by atoms with Crippen LogP contribution < -0.4 is 10.9 Å². The minimum atomic E-state index is -0.0732. The monoisotopic (exact) mass is 438 g/mol. The topological polar surface area (TPSA) is 87.3 Å². The highest BCUT2D eigenvalue weighted by molar-refractivity contribution is 5.91. The Kier molecular flexibility index (Phi) is 7.71. The standard InChI is InChI=1S/C25H34N4O3/c1-32-20-12-15-29(16-13-20)14-5-4-11-23(30)26-19-8-6-7-18(17-19)24-21-9-2-3-10-22(21)25(31)28-27-24/h6-8,17,20H,2-5,9-16H2,1H3,(H,26,30)(H,28,31). The Bertz CT molecular complexity index is 979. The molecule has 1 saturated heterocycles. The van der Waals surface area contributed by atoms with Crippen LogP contribution in [0.25, 0.3) is 11.3 Å². The van der Waals surface area contributed by atoms with Crippen LogP contribution in [-0.2, 0) is 22.4 Å².